The topological polar surface area (TPSA) is 46.0 Å². The number of likely N-dealkylation sites (tertiary alicyclic amines) is 1. The molecule has 3 heterocycles. The van der Waals surface area contributed by atoms with Gasteiger partial charge in [0.1, 0.15) is 5.82 Å². The maximum Gasteiger partial charge on any atom is 0.123 e. The summed E-state index contributed by atoms with van der Waals surface area (Å²) in [6.07, 6.45) is 5.15. The Bertz CT molecular complexity index is 661. The van der Waals surface area contributed by atoms with E-state index in [0.29, 0.717) is 12.0 Å². The van der Waals surface area contributed by atoms with E-state index in [1.807, 2.05) is 13.2 Å². The summed E-state index contributed by atoms with van der Waals surface area (Å²) in [6, 6.07) is 4.74. The Morgan fingerprint density at radius 3 is 2.91 bits per heavy atom. The Balaban J connectivity index is 1.69. The van der Waals surface area contributed by atoms with E-state index in [0.717, 1.165) is 36.8 Å². The van der Waals surface area contributed by atoms with Crippen molar-refractivity contribution in [2.75, 3.05) is 25.5 Å². The Hall–Kier alpha value is -1.88. The normalized spacial score (nSPS) is 18.7. The minimum atomic E-state index is 0.461. The van der Waals surface area contributed by atoms with Gasteiger partial charge in [-0.3, -0.25) is 9.88 Å². The third kappa shape index (κ3) is 3.55. The molecule has 0 aromatic carbocycles. The van der Waals surface area contributed by atoms with Crippen LogP contribution in [0.1, 0.15) is 49.4 Å². The quantitative estimate of drug-likeness (QED) is 0.921. The van der Waals surface area contributed by atoms with Gasteiger partial charge in [0.05, 0.1) is 6.54 Å². The number of hydrogen-bond acceptors (Lipinski definition) is 4. The van der Waals surface area contributed by atoms with E-state index in [4.69, 9.17) is 4.98 Å². The van der Waals surface area contributed by atoms with Gasteiger partial charge in [-0.15, -0.1) is 0 Å². The van der Waals surface area contributed by atoms with Gasteiger partial charge >= 0.3 is 0 Å². The van der Waals surface area contributed by atoms with Gasteiger partial charge in [0, 0.05) is 55.0 Å². The van der Waals surface area contributed by atoms with Crippen LogP contribution in [0.2, 0.25) is 0 Å². The molecule has 1 N–H and O–H groups in total. The van der Waals surface area contributed by atoms with Crippen LogP contribution in [0.25, 0.3) is 0 Å². The average molecular weight is 313 g/mol. The number of rotatable bonds is 5. The van der Waals surface area contributed by atoms with Crippen molar-refractivity contribution in [2.24, 2.45) is 0 Å². The van der Waals surface area contributed by atoms with E-state index >= 15 is 0 Å². The van der Waals surface area contributed by atoms with Gasteiger partial charge in [-0.2, -0.15) is 0 Å². The number of aryl methyl sites for hydroxylation is 1. The second kappa shape index (κ2) is 6.71. The van der Waals surface area contributed by atoms with Crippen LogP contribution in [0.5, 0.6) is 0 Å². The predicted molar refractivity (Wildman–Crippen MR) is 93.8 cm³/mol. The van der Waals surface area contributed by atoms with Gasteiger partial charge < -0.3 is 9.88 Å². The van der Waals surface area contributed by atoms with Crippen molar-refractivity contribution < 1.29 is 0 Å². The molecule has 23 heavy (non-hydrogen) atoms. The summed E-state index contributed by atoms with van der Waals surface area (Å²) in [4.78, 5) is 11.8. The van der Waals surface area contributed by atoms with Crippen LogP contribution in [-0.2, 0) is 6.54 Å². The summed E-state index contributed by atoms with van der Waals surface area (Å²) in [7, 11) is 1.96. The SMILES string of the molecule is CNc1cc(C)nc([C@H]2CCN(Cc3nccn3C(C)C)C2)c1. The number of nitrogens with one attached hydrogen (secondary N) is 1. The van der Waals surface area contributed by atoms with Crippen molar-refractivity contribution in [3.63, 3.8) is 0 Å². The first-order chi connectivity index (χ1) is 11.1. The molecule has 1 fully saturated rings. The Morgan fingerprint density at radius 1 is 1.35 bits per heavy atom. The second-order valence-corrected chi connectivity index (χ2v) is 6.74. The number of imidazole rings is 1. The van der Waals surface area contributed by atoms with Crippen LogP contribution in [0.15, 0.2) is 24.5 Å². The number of anilines is 1. The van der Waals surface area contributed by atoms with Crippen molar-refractivity contribution in [2.45, 2.75) is 45.7 Å². The summed E-state index contributed by atoms with van der Waals surface area (Å²) in [5.74, 6) is 1.68. The molecule has 0 bridgehead atoms. The number of pyridine rings is 1. The fourth-order valence-electron chi connectivity index (χ4n) is 3.40. The smallest absolute Gasteiger partial charge is 0.123 e. The third-order valence-corrected chi connectivity index (χ3v) is 4.62. The molecule has 1 aliphatic rings. The summed E-state index contributed by atoms with van der Waals surface area (Å²) < 4.78 is 2.26. The van der Waals surface area contributed by atoms with Gasteiger partial charge in [-0.1, -0.05) is 0 Å². The highest BCUT2D eigenvalue weighted by atomic mass is 15.2. The molecule has 2 aromatic heterocycles. The highest BCUT2D eigenvalue weighted by Gasteiger charge is 2.26. The first-order valence-corrected chi connectivity index (χ1v) is 8.47. The van der Waals surface area contributed by atoms with Gasteiger partial charge in [0.15, 0.2) is 0 Å². The molecule has 5 heteroatoms. The van der Waals surface area contributed by atoms with E-state index in [2.05, 4.69) is 58.9 Å². The van der Waals surface area contributed by atoms with Crippen molar-refractivity contribution in [1.82, 2.24) is 19.4 Å². The third-order valence-electron chi connectivity index (χ3n) is 4.62. The molecule has 0 radical (unpaired) electrons. The van der Waals surface area contributed by atoms with Crippen molar-refractivity contribution in [3.05, 3.63) is 41.7 Å². The lowest BCUT2D eigenvalue weighted by Crippen LogP contribution is -2.23. The molecular weight excluding hydrogens is 286 g/mol. The fourth-order valence-corrected chi connectivity index (χ4v) is 3.40. The number of nitrogens with zero attached hydrogens (tertiary/aromatic N) is 4. The molecule has 1 atom stereocenters. The molecule has 0 unspecified atom stereocenters. The standard InChI is InChI=1S/C18H27N5/c1-13(2)23-8-6-20-18(23)12-22-7-5-15(11-22)17-10-16(19-4)9-14(3)21-17/h6,8-10,13,15H,5,7,11-12H2,1-4H3,(H,19,21)/t15-/m0/s1. The van der Waals surface area contributed by atoms with Gasteiger partial charge in [0.25, 0.3) is 0 Å². The predicted octanol–water partition coefficient (Wildman–Crippen LogP) is 3.20. The van der Waals surface area contributed by atoms with Crippen molar-refractivity contribution in [1.29, 1.82) is 0 Å². The maximum atomic E-state index is 4.75. The molecule has 0 saturated carbocycles. The highest BCUT2D eigenvalue weighted by Crippen LogP contribution is 2.28. The minimum Gasteiger partial charge on any atom is -0.388 e. The van der Waals surface area contributed by atoms with Crippen molar-refractivity contribution >= 4 is 5.69 Å². The molecule has 0 aliphatic carbocycles. The van der Waals surface area contributed by atoms with Crippen LogP contribution in [0.4, 0.5) is 5.69 Å². The number of aromatic nitrogens is 3. The Labute approximate surface area is 138 Å². The lowest BCUT2D eigenvalue weighted by molar-refractivity contribution is 0.309. The van der Waals surface area contributed by atoms with Crippen LogP contribution in [0.3, 0.4) is 0 Å². The van der Waals surface area contributed by atoms with Gasteiger partial charge in [-0.05, 0) is 45.9 Å². The van der Waals surface area contributed by atoms with Crippen LogP contribution < -0.4 is 5.32 Å². The molecular formula is C18H27N5. The molecule has 1 aliphatic heterocycles. The molecule has 1 saturated heterocycles. The first kappa shape index (κ1) is 16.0. The number of hydrogen-bond donors (Lipinski definition) is 1. The summed E-state index contributed by atoms with van der Waals surface area (Å²) in [6.45, 7) is 9.56. The van der Waals surface area contributed by atoms with E-state index in [1.54, 1.807) is 0 Å². The minimum absolute atomic E-state index is 0.461. The zero-order valence-corrected chi connectivity index (χ0v) is 14.6. The van der Waals surface area contributed by atoms with Crippen LogP contribution in [-0.4, -0.2) is 39.6 Å². The molecule has 0 spiro atoms. The summed E-state index contributed by atoms with van der Waals surface area (Å²) in [5.41, 5.74) is 3.45. The Morgan fingerprint density at radius 2 is 2.17 bits per heavy atom. The van der Waals surface area contributed by atoms with E-state index < -0.39 is 0 Å². The summed E-state index contributed by atoms with van der Waals surface area (Å²) in [5, 5.41) is 3.23. The fraction of sp³-hybridized carbons (Fsp3) is 0.556. The Kier molecular flexibility index (Phi) is 4.66. The molecule has 0 amide bonds. The average Bonchev–Trinajstić information content (AvgIpc) is 3.16. The molecule has 3 rings (SSSR count). The first-order valence-electron chi connectivity index (χ1n) is 8.47. The maximum absolute atomic E-state index is 4.75. The molecule has 5 nitrogen and oxygen atoms in total. The van der Waals surface area contributed by atoms with Crippen LogP contribution >= 0.6 is 0 Å². The van der Waals surface area contributed by atoms with Gasteiger partial charge in [0.2, 0.25) is 0 Å². The van der Waals surface area contributed by atoms with E-state index in [-0.39, 0.29) is 0 Å². The largest absolute Gasteiger partial charge is 0.388 e. The monoisotopic (exact) mass is 313 g/mol. The zero-order valence-electron chi connectivity index (χ0n) is 14.6. The van der Waals surface area contributed by atoms with Gasteiger partial charge in [-0.25, -0.2) is 4.98 Å². The summed E-state index contributed by atoms with van der Waals surface area (Å²) >= 11 is 0. The lowest BCUT2D eigenvalue weighted by Gasteiger charge is -2.18. The second-order valence-electron chi connectivity index (χ2n) is 6.74. The van der Waals surface area contributed by atoms with E-state index in [9.17, 15) is 0 Å². The van der Waals surface area contributed by atoms with Crippen LogP contribution in [0, 0.1) is 6.92 Å². The van der Waals surface area contributed by atoms with Crippen molar-refractivity contribution in [3.8, 4) is 0 Å². The molecule has 124 valence electrons. The molecule has 2 aromatic rings. The highest BCUT2D eigenvalue weighted by molar-refractivity contribution is 5.45. The zero-order chi connectivity index (χ0) is 16.4. The lowest BCUT2D eigenvalue weighted by atomic mass is 10.0. The van der Waals surface area contributed by atoms with E-state index in [1.165, 1.54) is 12.1 Å².